The van der Waals surface area contributed by atoms with Crippen LogP contribution in [0.1, 0.15) is 18.0 Å². The van der Waals surface area contributed by atoms with Crippen molar-refractivity contribution in [1.29, 1.82) is 0 Å². The number of carbonyl (C=O) groups is 1. The summed E-state index contributed by atoms with van der Waals surface area (Å²) in [6, 6.07) is 4.22. The van der Waals surface area contributed by atoms with Gasteiger partial charge in [0.25, 0.3) is 0 Å². The molecule has 0 aromatic heterocycles. The van der Waals surface area contributed by atoms with Gasteiger partial charge in [0.15, 0.2) is 0 Å². The molecule has 82 valence electrons. The first kappa shape index (κ1) is 11.6. The van der Waals surface area contributed by atoms with Crippen LogP contribution in [0, 0.1) is 5.82 Å². The van der Waals surface area contributed by atoms with Crippen LogP contribution in [-0.4, -0.2) is 17.1 Å². The number of hydrogen-bond acceptors (Lipinski definition) is 3. The number of rotatable bonds is 4. The van der Waals surface area contributed by atoms with Gasteiger partial charge in [-0.25, -0.2) is 4.39 Å². The molecule has 4 nitrogen and oxygen atoms in total. The minimum Gasteiger partial charge on any atom is -0.480 e. The molecule has 5 heteroatoms. The van der Waals surface area contributed by atoms with E-state index >= 15 is 0 Å². The average molecular weight is 212 g/mol. The van der Waals surface area contributed by atoms with Crippen molar-refractivity contribution in [2.75, 3.05) is 0 Å². The van der Waals surface area contributed by atoms with Crippen LogP contribution in [0.2, 0.25) is 0 Å². The number of nitrogens with two attached hydrogens (primary N) is 2. The molecule has 1 aromatic carbocycles. The van der Waals surface area contributed by atoms with E-state index in [1.165, 1.54) is 12.1 Å². The molecule has 0 amide bonds. The third kappa shape index (κ3) is 3.00. The van der Waals surface area contributed by atoms with Gasteiger partial charge in [0.2, 0.25) is 0 Å². The number of halogens is 1. The molecule has 0 heterocycles. The van der Waals surface area contributed by atoms with Crippen LogP contribution < -0.4 is 11.5 Å². The summed E-state index contributed by atoms with van der Waals surface area (Å²) >= 11 is 0. The maximum Gasteiger partial charge on any atom is 0.320 e. The van der Waals surface area contributed by atoms with Crippen LogP contribution in [0.15, 0.2) is 24.3 Å². The molecule has 0 fully saturated rings. The highest BCUT2D eigenvalue weighted by atomic mass is 19.1. The normalized spacial score (nSPS) is 14.6. The number of benzene rings is 1. The largest absolute Gasteiger partial charge is 0.480 e. The molecule has 2 unspecified atom stereocenters. The van der Waals surface area contributed by atoms with Crippen LogP contribution in [0.3, 0.4) is 0 Å². The second-order valence-electron chi connectivity index (χ2n) is 3.31. The molecule has 5 N–H and O–H groups in total. The van der Waals surface area contributed by atoms with Gasteiger partial charge in [-0.1, -0.05) is 18.2 Å². The fraction of sp³-hybridized carbons (Fsp3) is 0.300. The average Bonchev–Trinajstić information content (AvgIpc) is 2.18. The summed E-state index contributed by atoms with van der Waals surface area (Å²) in [7, 11) is 0. The molecule has 0 aliphatic carbocycles. The zero-order valence-electron chi connectivity index (χ0n) is 8.06. The molecule has 2 atom stereocenters. The Morgan fingerprint density at radius 1 is 1.40 bits per heavy atom. The summed E-state index contributed by atoms with van der Waals surface area (Å²) in [5.41, 5.74) is 11.2. The zero-order valence-corrected chi connectivity index (χ0v) is 8.06. The maximum atomic E-state index is 13.2. The number of carboxylic acids is 1. The van der Waals surface area contributed by atoms with Crippen molar-refractivity contribution >= 4 is 5.97 Å². The monoisotopic (exact) mass is 212 g/mol. The lowest BCUT2D eigenvalue weighted by Gasteiger charge is -2.15. The van der Waals surface area contributed by atoms with Crippen molar-refractivity contribution in [3.8, 4) is 0 Å². The first-order valence-electron chi connectivity index (χ1n) is 4.50. The Labute approximate surface area is 86.7 Å². The zero-order chi connectivity index (χ0) is 11.4. The molecule has 0 radical (unpaired) electrons. The highest BCUT2D eigenvalue weighted by molar-refractivity contribution is 5.73. The molecule has 0 saturated carbocycles. The Kier molecular flexibility index (Phi) is 3.76. The molecule has 0 aliphatic heterocycles. The van der Waals surface area contributed by atoms with E-state index in [2.05, 4.69) is 0 Å². The smallest absolute Gasteiger partial charge is 0.320 e. The van der Waals surface area contributed by atoms with E-state index in [0.29, 0.717) is 0 Å². The first-order chi connectivity index (χ1) is 7.02. The van der Waals surface area contributed by atoms with Gasteiger partial charge in [-0.2, -0.15) is 0 Å². The molecular formula is C10H13FN2O2. The second-order valence-corrected chi connectivity index (χ2v) is 3.31. The van der Waals surface area contributed by atoms with E-state index in [-0.39, 0.29) is 12.0 Å². The summed E-state index contributed by atoms with van der Waals surface area (Å²) in [5.74, 6) is -1.58. The third-order valence-electron chi connectivity index (χ3n) is 2.13. The molecular weight excluding hydrogens is 199 g/mol. The lowest BCUT2D eigenvalue weighted by atomic mass is 10.0. The van der Waals surface area contributed by atoms with E-state index < -0.39 is 23.9 Å². The van der Waals surface area contributed by atoms with E-state index in [4.69, 9.17) is 16.6 Å². The predicted octanol–water partition coefficient (Wildman–Crippen LogP) is 0.627. The van der Waals surface area contributed by atoms with Gasteiger partial charge in [-0.05, 0) is 12.5 Å². The van der Waals surface area contributed by atoms with E-state index in [1.807, 2.05) is 0 Å². The van der Waals surface area contributed by atoms with E-state index in [0.717, 1.165) is 0 Å². The molecule has 15 heavy (non-hydrogen) atoms. The van der Waals surface area contributed by atoms with Crippen LogP contribution in [0.25, 0.3) is 0 Å². The summed E-state index contributed by atoms with van der Waals surface area (Å²) in [6.45, 7) is 0. The minimum atomic E-state index is -1.14. The fourth-order valence-electron chi connectivity index (χ4n) is 1.28. The Morgan fingerprint density at radius 3 is 2.53 bits per heavy atom. The van der Waals surface area contributed by atoms with Gasteiger partial charge in [-0.15, -0.1) is 0 Å². The number of hydrogen-bond donors (Lipinski definition) is 3. The summed E-state index contributed by atoms with van der Waals surface area (Å²) < 4.78 is 13.2. The standard InChI is InChI=1S/C10H13FN2O2/c11-7-4-2-1-3-6(7)8(12)5-9(13)10(14)15/h1-4,8-9H,5,12-13H2,(H,14,15). The van der Waals surface area contributed by atoms with Gasteiger partial charge in [0.1, 0.15) is 11.9 Å². The number of carboxylic acid groups (broad SMARTS) is 1. The molecule has 0 aliphatic rings. The van der Waals surface area contributed by atoms with Gasteiger partial charge in [-0.3, -0.25) is 4.79 Å². The molecule has 0 spiro atoms. The predicted molar refractivity (Wildman–Crippen MR) is 53.6 cm³/mol. The Hall–Kier alpha value is -1.46. The van der Waals surface area contributed by atoms with Crippen LogP contribution >= 0.6 is 0 Å². The SMILES string of the molecule is NC(CC(N)c1ccccc1F)C(=O)O. The number of aliphatic carboxylic acids is 1. The van der Waals surface area contributed by atoms with Crippen molar-refractivity contribution in [2.45, 2.75) is 18.5 Å². The summed E-state index contributed by atoms with van der Waals surface area (Å²) in [6.07, 6.45) is 0.0102. The fourth-order valence-corrected chi connectivity index (χ4v) is 1.28. The van der Waals surface area contributed by atoms with E-state index in [1.54, 1.807) is 12.1 Å². The Morgan fingerprint density at radius 2 is 2.00 bits per heavy atom. The van der Waals surface area contributed by atoms with E-state index in [9.17, 15) is 9.18 Å². The van der Waals surface area contributed by atoms with Gasteiger partial charge in [0.05, 0.1) is 0 Å². The first-order valence-corrected chi connectivity index (χ1v) is 4.50. The Balaban J connectivity index is 2.73. The quantitative estimate of drug-likeness (QED) is 0.682. The van der Waals surface area contributed by atoms with Gasteiger partial charge >= 0.3 is 5.97 Å². The topological polar surface area (TPSA) is 89.3 Å². The molecule has 0 saturated heterocycles. The maximum absolute atomic E-state index is 13.2. The van der Waals surface area contributed by atoms with Crippen molar-refractivity contribution in [3.05, 3.63) is 35.6 Å². The molecule has 0 bridgehead atoms. The van der Waals surface area contributed by atoms with Crippen LogP contribution in [0.4, 0.5) is 4.39 Å². The van der Waals surface area contributed by atoms with Crippen molar-refractivity contribution in [3.63, 3.8) is 0 Å². The van der Waals surface area contributed by atoms with Crippen LogP contribution in [0.5, 0.6) is 0 Å². The highest BCUT2D eigenvalue weighted by Crippen LogP contribution is 2.18. The van der Waals surface area contributed by atoms with Crippen molar-refractivity contribution < 1.29 is 14.3 Å². The van der Waals surface area contributed by atoms with Crippen molar-refractivity contribution in [1.82, 2.24) is 0 Å². The highest BCUT2D eigenvalue weighted by Gasteiger charge is 2.18. The molecule has 1 aromatic rings. The Bertz CT molecular complexity index is 357. The van der Waals surface area contributed by atoms with Crippen molar-refractivity contribution in [2.24, 2.45) is 11.5 Å². The van der Waals surface area contributed by atoms with Crippen LogP contribution in [-0.2, 0) is 4.79 Å². The minimum absolute atomic E-state index is 0.0102. The second kappa shape index (κ2) is 4.86. The summed E-state index contributed by atoms with van der Waals surface area (Å²) in [5, 5.41) is 8.57. The molecule has 1 rings (SSSR count). The van der Waals surface area contributed by atoms with Gasteiger partial charge in [0, 0.05) is 11.6 Å². The third-order valence-corrected chi connectivity index (χ3v) is 2.13. The lowest BCUT2D eigenvalue weighted by Crippen LogP contribution is -2.34. The summed E-state index contributed by atoms with van der Waals surface area (Å²) in [4.78, 5) is 10.5. The lowest BCUT2D eigenvalue weighted by molar-refractivity contribution is -0.138. The van der Waals surface area contributed by atoms with Gasteiger partial charge < -0.3 is 16.6 Å².